The van der Waals surface area contributed by atoms with Crippen molar-refractivity contribution in [3.63, 3.8) is 0 Å². The number of methoxy groups -OCH3 is 1. The molecule has 0 saturated carbocycles. The summed E-state index contributed by atoms with van der Waals surface area (Å²) in [4.78, 5) is 16.7. The first-order valence-electron chi connectivity index (χ1n) is 7.96. The van der Waals surface area contributed by atoms with E-state index in [1.165, 1.54) is 36.6 Å². The molecule has 0 aliphatic heterocycles. The minimum Gasteiger partial charge on any atom is -0.497 e. The van der Waals surface area contributed by atoms with Crippen molar-refractivity contribution in [3.8, 4) is 5.75 Å². The summed E-state index contributed by atoms with van der Waals surface area (Å²) in [6, 6.07) is 10.4. The van der Waals surface area contributed by atoms with E-state index in [4.69, 9.17) is 16.3 Å². The number of anilines is 1. The normalized spacial score (nSPS) is 12.0. The van der Waals surface area contributed by atoms with E-state index in [0.717, 1.165) is 0 Å². The summed E-state index contributed by atoms with van der Waals surface area (Å²) in [7, 11) is -0.729. The van der Waals surface area contributed by atoms with E-state index in [2.05, 4.69) is 9.71 Å². The quantitative estimate of drug-likeness (QED) is 0.663. The highest BCUT2D eigenvalue weighted by Crippen LogP contribution is 2.26. The fraction of sp³-hybridized carbons (Fsp3) is 0.111. The van der Waals surface area contributed by atoms with Crippen LogP contribution in [0.4, 0.5) is 5.69 Å². The van der Waals surface area contributed by atoms with Crippen LogP contribution in [0.2, 0.25) is 5.02 Å². The lowest BCUT2D eigenvalue weighted by atomic mass is 10.2. The van der Waals surface area contributed by atoms with Gasteiger partial charge in [0.25, 0.3) is 15.9 Å². The van der Waals surface area contributed by atoms with Crippen LogP contribution in [0.1, 0.15) is 10.4 Å². The smallest absolute Gasteiger partial charge is 0.279 e. The first kappa shape index (κ1) is 20.1. The summed E-state index contributed by atoms with van der Waals surface area (Å²) >= 11 is 7.38. The zero-order valence-corrected chi connectivity index (χ0v) is 17.3. The Balaban J connectivity index is 1.93. The molecule has 7 nitrogen and oxygen atoms in total. The highest BCUT2D eigenvalue weighted by Gasteiger charge is 2.20. The number of aromatic nitrogens is 1. The number of nitrogens with zero attached hydrogens (tertiary/aromatic N) is 2. The number of carbonyl (C=O) groups excluding carboxylic acids is 1. The number of benzene rings is 2. The maximum Gasteiger partial charge on any atom is 0.279 e. The highest BCUT2D eigenvalue weighted by atomic mass is 35.5. The lowest BCUT2D eigenvalue weighted by Gasteiger charge is -2.11. The molecule has 3 rings (SSSR count). The molecule has 10 heteroatoms. The zero-order valence-electron chi connectivity index (χ0n) is 14.9. The molecule has 0 fully saturated rings. The van der Waals surface area contributed by atoms with E-state index in [1.807, 2.05) is 0 Å². The molecule has 0 atom stereocenters. The van der Waals surface area contributed by atoms with Crippen molar-refractivity contribution in [2.45, 2.75) is 4.90 Å². The third-order valence-electron chi connectivity index (χ3n) is 3.77. The Kier molecular flexibility index (Phi) is 5.87. The molecule has 0 saturated heterocycles. The second kappa shape index (κ2) is 8.17. The van der Waals surface area contributed by atoms with Crippen LogP contribution >= 0.6 is 22.9 Å². The van der Waals surface area contributed by atoms with Crippen LogP contribution in [-0.4, -0.2) is 26.0 Å². The molecule has 146 valence electrons. The maximum atomic E-state index is 12.8. The van der Waals surface area contributed by atoms with Crippen LogP contribution in [-0.2, 0) is 17.1 Å². The second-order valence-electron chi connectivity index (χ2n) is 5.69. The van der Waals surface area contributed by atoms with Gasteiger partial charge in [-0.05, 0) is 42.5 Å². The molecule has 1 amide bonds. The van der Waals surface area contributed by atoms with Gasteiger partial charge < -0.3 is 9.30 Å². The van der Waals surface area contributed by atoms with Gasteiger partial charge in [0.15, 0.2) is 4.80 Å². The number of carbonyl (C=O) groups is 1. The fourth-order valence-corrected chi connectivity index (χ4v) is 4.61. The first-order chi connectivity index (χ1) is 13.3. The largest absolute Gasteiger partial charge is 0.497 e. The summed E-state index contributed by atoms with van der Waals surface area (Å²) < 4.78 is 34.7. The molecule has 1 heterocycles. The number of nitrogens with one attached hydrogen (secondary N) is 1. The first-order valence-corrected chi connectivity index (χ1v) is 10.7. The summed E-state index contributed by atoms with van der Waals surface area (Å²) in [6.07, 6.45) is 1.77. The molecule has 0 unspecified atom stereocenters. The van der Waals surface area contributed by atoms with Gasteiger partial charge in [0.1, 0.15) is 10.6 Å². The second-order valence-corrected chi connectivity index (χ2v) is 8.62. The summed E-state index contributed by atoms with van der Waals surface area (Å²) in [6.45, 7) is 0. The van der Waals surface area contributed by atoms with Crippen molar-refractivity contribution in [1.82, 2.24) is 4.57 Å². The monoisotopic (exact) mass is 437 g/mol. The highest BCUT2D eigenvalue weighted by molar-refractivity contribution is 7.92. The lowest BCUT2D eigenvalue weighted by molar-refractivity contribution is 0.0997. The molecule has 0 spiro atoms. The van der Waals surface area contributed by atoms with Gasteiger partial charge in [-0.3, -0.25) is 9.52 Å². The van der Waals surface area contributed by atoms with Gasteiger partial charge in [-0.25, -0.2) is 8.42 Å². The van der Waals surface area contributed by atoms with Gasteiger partial charge in [-0.2, -0.15) is 4.99 Å². The number of hydrogen-bond acceptors (Lipinski definition) is 5. The van der Waals surface area contributed by atoms with Gasteiger partial charge in [-0.15, -0.1) is 11.3 Å². The molecule has 1 N–H and O–H groups in total. The maximum absolute atomic E-state index is 12.8. The fourth-order valence-electron chi connectivity index (χ4n) is 2.30. The number of thiazole rings is 1. The summed E-state index contributed by atoms with van der Waals surface area (Å²) in [5.74, 6) is 0.0348. The number of amides is 1. The Morgan fingerprint density at radius 3 is 2.54 bits per heavy atom. The summed E-state index contributed by atoms with van der Waals surface area (Å²) in [5.41, 5.74) is 0.455. The Bertz CT molecular complexity index is 1180. The van der Waals surface area contributed by atoms with E-state index in [-0.39, 0.29) is 15.5 Å². The van der Waals surface area contributed by atoms with Crippen molar-refractivity contribution in [2.24, 2.45) is 12.0 Å². The van der Waals surface area contributed by atoms with Gasteiger partial charge in [0.2, 0.25) is 0 Å². The van der Waals surface area contributed by atoms with Crippen molar-refractivity contribution in [3.05, 3.63) is 69.4 Å². The molecule has 0 aliphatic rings. The van der Waals surface area contributed by atoms with Gasteiger partial charge >= 0.3 is 0 Å². The van der Waals surface area contributed by atoms with Crippen LogP contribution in [0.5, 0.6) is 5.75 Å². The summed E-state index contributed by atoms with van der Waals surface area (Å²) in [5, 5.41) is 1.79. The Hall–Kier alpha value is -2.62. The Labute approximate surface area is 170 Å². The Morgan fingerprint density at radius 1 is 1.21 bits per heavy atom. The molecular formula is C18H16ClN3O4S2. The zero-order chi connectivity index (χ0) is 20.3. The van der Waals surface area contributed by atoms with Gasteiger partial charge in [0.05, 0.1) is 12.1 Å². The molecule has 3 aromatic rings. The van der Waals surface area contributed by atoms with E-state index in [1.54, 1.807) is 47.5 Å². The van der Waals surface area contributed by atoms with Crippen molar-refractivity contribution >= 4 is 44.6 Å². The van der Waals surface area contributed by atoms with E-state index >= 15 is 0 Å². The predicted molar refractivity (Wildman–Crippen MR) is 108 cm³/mol. The third-order valence-corrected chi connectivity index (χ3v) is 6.48. The van der Waals surface area contributed by atoms with Crippen LogP contribution in [0.25, 0.3) is 0 Å². The average Bonchev–Trinajstić information content (AvgIpc) is 3.06. The number of aryl methyl sites for hydroxylation is 1. The molecular weight excluding hydrogens is 422 g/mol. The number of hydrogen-bond donors (Lipinski definition) is 1. The molecule has 1 aromatic heterocycles. The van der Waals surface area contributed by atoms with Crippen LogP contribution in [0, 0.1) is 0 Å². The van der Waals surface area contributed by atoms with Crippen molar-refractivity contribution in [1.29, 1.82) is 0 Å². The van der Waals surface area contributed by atoms with Gasteiger partial charge in [0, 0.05) is 29.9 Å². The van der Waals surface area contributed by atoms with E-state index < -0.39 is 15.9 Å². The predicted octanol–water partition coefficient (Wildman–Crippen LogP) is 3.29. The number of rotatable bonds is 5. The third kappa shape index (κ3) is 4.44. The van der Waals surface area contributed by atoms with Gasteiger partial charge in [-0.1, -0.05) is 11.6 Å². The number of halogens is 1. The molecule has 0 bridgehead atoms. The van der Waals surface area contributed by atoms with Crippen molar-refractivity contribution < 1.29 is 17.9 Å². The minimum absolute atomic E-state index is 0.000703. The van der Waals surface area contributed by atoms with Crippen LogP contribution in [0.3, 0.4) is 0 Å². The SMILES string of the molecule is COc1ccc(NS(=O)(=O)c2cc(C(=O)N=c3sccn3C)ccc2Cl)cc1. The average molecular weight is 438 g/mol. The topological polar surface area (TPSA) is 89.8 Å². The molecule has 0 radical (unpaired) electrons. The molecule has 28 heavy (non-hydrogen) atoms. The molecule has 2 aromatic carbocycles. The van der Waals surface area contributed by atoms with Crippen LogP contribution < -0.4 is 14.3 Å². The number of ether oxygens (including phenoxy) is 1. The van der Waals surface area contributed by atoms with Crippen molar-refractivity contribution in [2.75, 3.05) is 11.8 Å². The Morgan fingerprint density at radius 2 is 1.93 bits per heavy atom. The van der Waals surface area contributed by atoms with E-state index in [9.17, 15) is 13.2 Å². The van der Waals surface area contributed by atoms with E-state index in [0.29, 0.717) is 16.2 Å². The number of sulfonamides is 1. The molecule has 0 aliphatic carbocycles. The standard InChI is InChI=1S/C18H16ClN3O4S2/c1-22-9-10-27-18(22)20-17(23)12-3-8-15(19)16(11-12)28(24,25)21-13-4-6-14(26-2)7-5-13/h3-11,21H,1-2H3. The van der Waals surface area contributed by atoms with Crippen LogP contribution in [0.15, 0.2) is 63.9 Å². The lowest BCUT2D eigenvalue weighted by Crippen LogP contribution is -2.15. The minimum atomic E-state index is -4.01.